The minimum absolute atomic E-state index is 0.0213. The highest BCUT2D eigenvalue weighted by atomic mass is 19.1. The summed E-state index contributed by atoms with van der Waals surface area (Å²) in [6.07, 6.45) is 3.00. The zero-order chi connectivity index (χ0) is 27.4. The zero-order valence-corrected chi connectivity index (χ0v) is 20.5. The highest BCUT2D eigenvalue weighted by Gasteiger charge is 2.26. The first kappa shape index (κ1) is 25.8. The Labute approximate surface area is 216 Å². The highest BCUT2D eigenvalue weighted by Crippen LogP contribution is 2.32. The van der Waals surface area contributed by atoms with Crippen LogP contribution in [0.1, 0.15) is 33.2 Å². The van der Waals surface area contributed by atoms with Crippen LogP contribution in [0.25, 0.3) is 11.1 Å². The Balaban J connectivity index is 1.78. The number of pyridine rings is 1. The van der Waals surface area contributed by atoms with Gasteiger partial charge in [0.2, 0.25) is 5.91 Å². The third kappa shape index (κ3) is 5.29. The molecule has 0 radical (unpaired) electrons. The second kappa shape index (κ2) is 10.8. The molecule has 4 rings (SSSR count). The van der Waals surface area contributed by atoms with Crippen LogP contribution in [0.3, 0.4) is 0 Å². The normalized spacial score (nSPS) is 11.4. The number of carbonyl (C=O) groups is 2. The van der Waals surface area contributed by atoms with Crippen LogP contribution in [-0.2, 0) is 11.2 Å². The third-order valence-electron chi connectivity index (χ3n) is 5.95. The molecule has 0 saturated carbocycles. The molecule has 0 bridgehead atoms. The van der Waals surface area contributed by atoms with Gasteiger partial charge in [-0.3, -0.25) is 24.0 Å². The molecule has 0 aliphatic carbocycles. The van der Waals surface area contributed by atoms with Crippen molar-refractivity contribution in [2.24, 2.45) is 5.73 Å². The summed E-state index contributed by atoms with van der Waals surface area (Å²) in [5.41, 5.74) is 7.03. The number of nitrogens with two attached hydrogens (primary N) is 1. The van der Waals surface area contributed by atoms with E-state index in [2.05, 4.69) is 21.6 Å². The second-order valence-electron chi connectivity index (χ2n) is 8.50. The maximum absolute atomic E-state index is 14.3. The van der Waals surface area contributed by atoms with E-state index >= 15 is 0 Å². The average molecular weight is 515 g/mol. The molecule has 4 N–H and O–H groups in total. The fourth-order valence-corrected chi connectivity index (χ4v) is 4.06. The van der Waals surface area contributed by atoms with Gasteiger partial charge in [-0.05, 0) is 43.3 Å². The number of amides is 2. The van der Waals surface area contributed by atoms with Gasteiger partial charge in [-0.1, -0.05) is 11.6 Å². The highest BCUT2D eigenvalue weighted by molar-refractivity contribution is 5.96. The summed E-state index contributed by atoms with van der Waals surface area (Å²) < 4.78 is 21.0. The Morgan fingerprint density at radius 3 is 2.63 bits per heavy atom. The minimum Gasteiger partial charge on any atom is -0.495 e. The van der Waals surface area contributed by atoms with Crippen molar-refractivity contribution in [1.82, 2.24) is 14.8 Å². The van der Waals surface area contributed by atoms with Crippen molar-refractivity contribution in [1.29, 1.82) is 5.26 Å². The molecule has 2 aromatic heterocycles. The number of hydrogen-bond donors (Lipinski definition) is 3. The van der Waals surface area contributed by atoms with E-state index in [0.717, 1.165) is 17.7 Å². The van der Waals surface area contributed by atoms with Crippen molar-refractivity contribution in [2.45, 2.75) is 19.4 Å². The molecular formula is C27H23FN6O4. The fraction of sp³-hybridized carbons (Fsp3) is 0.148. The largest absolute Gasteiger partial charge is 0.495 e. The van der Waals surface area contributed by atoms with Crippen LogP contribution in [0.4, 0.5) is 10.1 Å². The smallest absolute Gasteiger partial charge is 0.252 e. The van der Waals surface area contributed by atoms with Crippen LogP contribution in [-0.4, -0.2) is 33.7 Å². The lowest BCUT2D eigenvalue weighted by atomic mass is 9.98. The van der Waals surface area contributed by atoms with Crippen molar-refractivity contribution in [3.63, 3.8) is 0 Å². The van der Waals surface area contributed by atoms with Gasteiger partial charge in [0.1, 0.15) is 17.6 Å². The molecule has 2 heterocycles. The Hall–Kier alpha value is -5.24. The number of halogens is 1. The van der Waals surface area contributed by atoms with Crippen molar-refractivity contribution in [3.05, 3.63) is 99.5 Å². The van der Waals surface area contributed by atoms with Gasteiger partial charge in [0.05, 0.1) is 36.2 Å². The maximum Gasteiger partial charge on any atom is 0.252 e. The molecule has 192 valence electrons. The van der Waals surface area contributed by atoms with Crippen molar-refractivity contribution in [3.8, 4) is 22.9 Å². The van der Waals surface area contributed by atoms with Gasteiger partial charge >= 0.3 is 0 Å². The van der Waals surface area contributed by atoms with Gasteiger partial charge in [-0.2, -0.15) is 10.4 Å². The first-order valence-electron chi connectivity index (χ1n) is 11.4. The number of nitrogens with one attached hydrogen (secondary N) is 2. The number of aryl methyl sites for hydroxylation is 1. The SMILES string of the molecule is COc1cn(C(Cc2cc[nH]n2)C(=O)Nc2ccc(C(N)=O)c(F)c2)c(=O)cc1-c1cc(C)ccc1C#N. The number of hydrogen-bond acceptors (Lipinski definition) is 6. The van der Waals surface area contributed by atoms with Crippen LogP contribution in [0.5, 0.6) is 5.75 Å². The number of H-pyrrole nitrogens is 1. The molecular weight excluding hydrogens is 491 g/mol. The molecule has 4 aromatic rings. The summed E-state index contributed by atoms with van der Waals surface area (Å²) in [7, 11) is 1.42. The molecule has 11 heteroatoms. The van der Waals surface area contributed by atoms with Gasteiger partial charge < -0.3 is 15.8 Å². The van der Waals surface area contributed by atoms with E-state index in [1.807, 2.05) is 6.92 Å². The number of benzene rings is 2. The van der Waals surface area contributed by atoms with Crippen molar-refractivity contribution >= 4 is 17.5 Å². The number of methoxy groups -OCH3 is 1. The Kier molecular flexibility index (Phi) is 7.34. The lowest BCUT2D eigenvalue weighted by molar-refractivity contribution is -0.119. The number of aromatic nitrogens is 3. The topological polar surface area (TPSA) is 156 Å². The zero-order valence-electron chi connectivity index (χ0n) is 20.5. The van der Waals surface area contributed by atoms with Crippen LogP contribution in [0.15, 0.2) is 65.7 Å². The average Bonchev–Trinajstić information content (AvgIpc) is 3.40. The van der Waals surface area contributed by atoms with E-state index < -0.39 is 29.2 Å². The maximum atomic E-state index is 14.3. The van der Waals surface area contributed by atoms with Crippen LogP contribution in [0.2, 0.25) is 0 Å². The van der Waals surface area contributed by atoms with E-state index in [9.17, 15) is 24.0 Å². The van der Waals surface area contributed by atoms with Crippen molar-refractivity contribution < 1.29 is 18.7 Å². The molecule has 2 aromatic carbocycles. The molecule has 0 spiro atoms. The molecule has 10 nitrogen and oxygen atoms in total. The van der Waals surface area contributed by atoms with Crippen LogP contribution < -0.4 is 21.3 Å². The van der Waals surface area contributed by atoms with Crippen molar-refractivity contribution in [2.75, 3.05) is 12.4 Å². The predicted octanol–water partition coefficient (Wildman–Crippen LogP) is 3.09. The molecule has 1 atom stereocenters. The van der Waals surface area contributed by atoms with Gasteiger partial charge in [-0.15, -0.1) is 0 Å². The van der Waals surface area contributed by atoms with Crippen LogP contribution in [0, 0.1) is 24.1 Å². The monoisotopic (exact) mass is 514 g/mol. The standard InChI is InChI=1S/C27H23FN6O4/c1-15-3-4-16(13-29)20(9-15)21-12-25(35)34(14-24(21)38-2)23(11-18-7-8-31-33-18)27(37)32-17-5-6-19(26(30)36)22(28)10-17/h3-10,12,14,23H,11H2,1-2H3,(H2,30,36)(H,31,33)(H,32,37). The number of primary amides is 1. The summed E-state index contributed by atoms with van der Waals surface area (Å²) in [5.74, 6) is -2.20. The molecule has 0 saturated heterocycles. The molecule has 0 aliphatic heterocycles. The van der Waals surface area contributed by atoms with Gasteiger partial charge in [-0.25, -0.2) is 4.39 Å². The molecule has 38 heavy (non-hydrogen) atoms. The third-order valence-corrected chi connectivity index (χ3v) is 5.95. The number of ether oxygens (including phenoxy) is 1. The lowest BCUT2D eigenvalue weighted by Crippen LogP contribution is -2.34. The number of nitriles is 1. The molecule has 1 unspecified atom stereocenters. The molecule has 2 amide bonds. The summed E-state index contributed by atoms with van der Waals surface area (Å²) in [4.78, 5) is 38.1. The Morgan fingerprint density at radius 2 is 2.00 bits per heavy atom. The van der Waals surface area contributed by atoms with E-state index in [1.165, 1.54) is 30.0 Å². The minimum atomic E-state index is -1.11. The lowest BCUT2D eigenvalue weighted by Gasteiger charge is -2.21. The second-order valence-corrected chi connectivity index (χ2v) is 8.50. The molecule has 0 fully saturated rings. The van der Waals surface area contributed by atoms with Gasteiger partial charge in [0, 0.05) is 35.5 Å². The summed E-state index contributed by atoms with van der Waals surface area (Å²) >= 11 is 0. The van der Waals surface area contributed by atoms with E-state index in [0.29, 0.717) is 22.4 Å². The predicted molar refractivity (Wildman–Crippen MR) is 137 cm³/mol. The summed E-state index contributed by atoms with van der Waals surface area (Å²) in [5, 5.41) is 18.9. The Bertz CT molecular complexity index is 1620. The number of rotatable bonds is 8. The number of anilines is 1. The van der Waals surface area contributed by atoms with E-state index in [-0.39, 0.29) is 23.4 Å². The quantitative estimate of drug-likeness (QED) is 0.328. The number of nitrogens with zero attached hydrogens (tertiary/aromatic N) is 3. The first-order valence-corrected chi connectivity index (χ1v) is 11.4. The van der Waals surface area contributed by atoms with E-state index in [1.54, 1.807) is 30.5 Å². The van der Waals surface area contributed by atoms with E-state index in [4.69, 9.17) is 10.5 Å². The van der Waals surface area contributed by atoms with Crippen LogP contribution >= 0.6 is 0 Å². The Morgan fingerprint density at radius 1 is 1.21 bits per heavy atom. The first-order chi connectivity index (χ1) is 18.2. The fourth-order valence-electron chi connectivity index (χ4n) is 4.06. The van der Waals surface area contributed by atoms with Gasteiger partial charge in [0.25, 0.3) is 11.5 Å². The summed E-state index contributed by atoms with van der Waals surface area (Å²) in [6.45, 7) is 1.86. The molecule has 0 aliphatic rings. The number of aromatic amines is 1. The summed E-state index contributed by atoms with van der Waals surface area (Å²) in [6, 6.07) is 12.7. The number of carbonyl (C=O) groups excluding carboxylic acids is 2. The van der Waals surface area contributed by atoms with Gasteiger partial charge in [0.15, 0.2) is 0 Å².